The van der Waals surface area contributed by atoms with E-state index in [0.29, 0.717) is 23.9 Å². The molecule has 0 aliphatic carbocycles. The summed E-state index contributed by atoms with van der Waals surface area (Å²) >= 11 is 0. The van der Waals surface area contributed by atoms with Crippen LogP contribution in [-0.4, -0.2) is 29.7 Å². The third-order valence-corrected chi connectivity index (χ3v) is 3.61. The molecular weight excluding hydrogens is 253 g/mol. The van der Waals surface area contributed by atoms with E-state index < -0.39 is 0 Å². The van der Waals surface area contributed by atoms with E-state index in [1.54, 1.807) is 6.07 Å². The first-order valence-electron chi connectivity index (χ1n) is 7.04. The second kappa shape index (κ2) is 8.04. The summed E-state index contributed by atoms with van der Waals surface area (Å²) in [4.78, 5) is 2.25. The summed E-state index contributed by atoms with van der Waals surface area (Å²) < 4.78 is 13.3. The Morgan fingerprint density at radius 1 is 1.30 bits per heavy atom. The van der Waals surface area contributed by atoms with Gasteiger partial charge in [0.2, 0.25) is 0 Å². The summed E-state index contributed by atoms with van der Waals surface area (Å²) in [7, 11) is 2.07. The molecule has 110 valence electrons. The zero-order valence-electron chi connectivity index (χ0n) is 12.8. The number of rotatable bonds is 5. The van der Waals surface area contributed by atoms with E-state index in [4.69, 9.17) is 5.11 Å². The molecule has 0 saturated heterocycles. The highest BCUT2D eigenvalue weighted by molar-refractivity contribution is 5.41. The van der Waals surface area contributed by atoms with E-state index in [9.17, 15) is 4.39 Å². The Balaban J connectivity index is 2.92. The molecule has 0 saturated carbocycles. The first-order chi connectivity index (χ1) is 9.45. The molecular formula is C17H24FNO. The minimum absolute atomic E-state index is 0.0297. The molecule has 1 aromatic rings. The van der Waals surface area contributed by atoms with Crippen LogP contribution in [0.25, 0.3) is 0 Å². The molecule has 0 bridgehead atoms. The van der Waals surface area contributed by atoms with Crippen LogP contribution in [0, 0.1) is 23.6 Å². The number of hydrogen-bond acceptors (Lipinski definition) is 2. The highest BCUT2D eigenvalue weighted by atomic mass is 19.1. The maximum atomic E-state index is 13.3. The molecule has 1 N–H and O–H groups in total. The Morgan fingerprint density at radius 3 is 2.60 bits per heavy atom. The number of aliphatic hydroxyl groups excluding tert-OH is 1. The van der Waals surface area contributed by atoms with Crippen LogP contribution >= 0.6 is 0 Å². The standard InChI is InChI=1S/C17H24FNO/c1-13(2)14(3)19(4)12-16-8-9-17(18)11-15(16)7-5-6-10-20/h8-9,11,13-14,20H,6,10,12H2,1-4H3. The minimum Gasteiger partial charge on any atom is -0.395 e. The van der Waals surface area contributed by atoms with Crippen LogP contribution in [0.3, 0.4) is 0 Å². The molecule has 0 radical (unpaired) electrons. The third kappa shape index (κ3) is 4.96. The van der Waals surface area contributed by atoms with Gasteiger partial charge in [-0.3, -0.25) is 4.90 Å². The van der Waals surface area contributed by atoms with Gasteiger partial charge in [0, 0.05) is 24.6 Å². The highest BCUT2D eigenvalue weighted by Crippen LogP contribution is 2.16. The lowest BCUT2D eigenvalue weighted by molar-refractivity contribution is 0.200. The molecule has 2 nitrogen and oxygen atoms in total. The number of hydrogen-bond donors (Lipinski definition) is 1. The van der Waals surface area contributed by atoms with E-state index >= 15 is 0 Å². The molecule has 0 amide bonds. The zero-order valence-corrected chi connectivity index (χ0v) is 12.8. The van der Waals surface area contributed by atoms with E-state index in [1.807, 2.05) is 0 Å². The number of benzene rings is 1. The minimum atomic E-state index is -0.276. The Hall–Kier alpha value is -1.37. The Morgan fingerprint density at radius 2 is 2.00 bits per heavy atom. The van der Waals surface area contributed by atoms with Crippen LogP contribution < -0.4 is 0 Å². The van der Waals surface area contributed by atoms with Gasteiger partial charge in [-0.2, -0.15) is 0 Å². The van der Waals surface area contributed by atoms with Gasteiger partial charge in [-0.05, 0) is 37.6 Å². The second-order valence-electron chi connectivity index (χ2n) is 5.48. The van der Waals surface area contributed by atoms with Crippen molar-refractivity contribution in [1.29, 1.82) is 0 Å². The SMILES string of the molecule is CC(C)C(C)N(C)Cc1ccc(F)cc1C#CCCO. The predicted octanol–water partition coefficient (Wildman–Crippen LogP) is 3.04. The lowest BCUT2D eigenvalue weighted by Crippen LogP contribution is -2.32. The summed E-state index contributed by atoms with van der Waals surface area (Å²) in [5.74, 6) is 6.09. The van der Waals surface area contributed by atoms with Crippen molar-refractivity contribution in [1.82, 2.24) is 4.90 Å². The van der Waals surface area contributed by atoms with Gasteiger partial charge in [0.15, 0.2) is 0 Å². The summed E-state index contributed by atoms with van der Waals surface area (Å²) in [6, 6.07) is 5.17. The molecule has 0 aromatic heterocycles. The van der Waals surface area contributed by atoms with Gasteiger partial charge in [0.1, 0.15) is 5.82 Å². The van der Waals surface area contributed by atoms with Gasteiger partial charge >= 0.3 is 0 Å². The molecule has 1 aromatic carbocycles. The first-order valence-corrected chi connectivity index (χ1v) is 7.04. The smallest absolute Gasteiger partial charge is 0.124 e. The van der Waals surface area contributed by atoms with Crippen LogP contribution in [0.4, 0.5) is 4.39 Å². The topological polar surface area (TPSA) is 23.5 Å². The molecule has 3 heteroatoms. The van der Waals surface area contributed by atoms with Crippen molar-refractivity contribution < 1.29 is 9.50 Å². The summed E-state index contributed by atoms with van der Waals surface area (Å²) in [6.07, 6.45) is 0.411. The predicted molar refractivity (Wildman–Crippen MR) is 80.7 cm³/mol. The van der Waals surface area contributed by atoms with Crippen molar-refractivity contribution in [2.45, 2.75) is 39.8 Å². The largest absolute Gasteiger partial charge is 0.395 e. The molecule has 1 rings (SSSR count). The van der Waals surface area contributed by atoms with E-state index in [1.165, 1.54) is 12.1 Å². The van der Waals surface area contributed by atoms with Crippen LogP contribution in [0.5, 0.6) is 0 Å². The highest BCUT2D eigenvalue weighted by Gasteiger charge is 2.14. The van der Waals surface area contributed by atoms with Gasteiger partial charge in [-0.25, -0.2) is 4.39 Å². The summed E-state index contributed by atoms with van der Waals surface area (Å²) in [6.45, 7) is 7.33. The van der Waals surface area contributed by atoms with Gasteiger partial charge in [-0.15, -0.1) is 0 Å². The maximum Gasteiger partial charge on any atom is 0.124 e. The summed E-state index contributed by atoms with van der Waals surface area (Å²) in [5, 5.41) is 8.76. The fourth-order valence-electron chi connectivity index (χ4n) is 1.94. The number of aliphatic hydroxyl groups is 1. The molecule has 1 atom stereocenters. The van der Waals surface area contributed by atoms with Gasteiger partial charge in [-0.1, -0.05) is 31.8 Å². The fourth-order valence-corrected chi connectivity index (χ4v) is 1.94. The van der Waals surface area contributed by atoms with Gasteiger partial charge < -0.3 is 5.11 Å². The molecule has 0 fully saturated rings. The average Bonchev–Trinajstić information content (AvgIpc) is 2.40. The number of nitrogens with zero attached hydrogens (tertiary/aromatic N) is 1. The van der Waals surface area contributed by atoms with E-state index in [-0.39, 0.29) is 12.4 Å². The number of halogens is 1. The second-order valence-corrected chi connectivity index (χ2v) is 5.48. The lowest BCUT2D eigenvalue weighted by Gasteiger charge is -2.28. The van der Waals surface area contributed by atoms with Gasteiger partial charge in [0.25, 0.3) is 0 Å². The molecule has 0 aliphatic heterocycles. The van der Waals surface area contributed by atoms with Crippen molar-refractivity contribution in [2.24, 2.45) is 5.92 Å². The van der Waals surface area contributed by atoms with Crippen molar-refractivity contribution in [3.63, 3.8) is 0 Å². The lowest BCUT2D eigenvalue weighted by atomic mass is 10.0. The zero-order chi connectivity index (χ0) is 15.1. The van der Waals surface area contributed by atoms with Crippen molar-refractivity contribution in [3.05, 3.63) is 35.1 Å². The van der Waals surface area contributed by atoms with Crippen molar-refractivity contribution >= 4 is 0 Å². The monoisotopic (exact) mass is 277 g/mol. The van der Waals surface area contributed by atoms with Crippen molar-refractivity contribution in [3.8, 4) is 11.8 Å². The van der Waals surface area contributed by atoms with E-state index in [0.717, 1.165) is 12.1 Å². The molecule has 1 unspecified atom stereocenters. The summed E-state index contributed by atoms with van der Waals surface area (Å²) in [5.41, 5.74) is 1.73. The molecule has 0 heterocycles. The quantitative estimate of drug-likeness (QED) is 0.836. The maximum absolute atomic E-state index is 13.3. The molecule has 20 heavy (non-hydrogen) atoms. The van der Waals surface area contributed by atoms with Gasteiger partial charge in [0.05, 0.1) is 6.61 Å². The van der Waals surface area contributed by atoms with Crippen LogP contribution in [0.2, 0.25) is 0 Å². The molecule has 0 spiro atoms. The van der Waals surface area contributed by atoms with Crippen LogP contribution in [0.1, 0.15) is 38.3 Å². The van der Waals surface area contributed by atoms with Crippen LogP contribution in [-0.2, 0) is 6.54 Å². The Bertz CT molecular complexity index is 487. The average molecular weight is 277 g/mol. The fraction of sp³-hybridized carbons (Fsp3) is 0.529. The third-order valence-electron chi connectivity index (χ3n) is 3.61. The normalized spacial score (nSPS) is 12.4. The van der Waals surface area contributed by atoms with Crippen molar-refractivity contribution in [2.75, 3.05) is 13.7 Å². The Labute approximate surface area is 121 Å². The molecule has 0 aliphatic rings. The van der Waals surface area contributed by atoms with Crippen LogP contribution in [0.15, 0.2) is 18.2 Å². The van der Waals surface area contributed by atoms with E-state index in [2.05, 4.69) is 44.6 Å². The first kappa shape index (κ1) is 16.7. The Kier molecular flexibility index (Phi) is 6.70.